The van der Waals surface area contributed by atoms with Crippen molar-refractivity contribution in [3.63, 3.8) is 0 Å². The molecule has 2 atom stereocenters. The molecule has 0 rings (SSSR count). The summed E-state index contributed by atoms with van der Waals surface area (Å²) in [6, 6.07) is -2.25. The number of nitrogens with two attached hydrogens (primary N) is 1. The summed E-state index contributed by atoms with van der Waals surface area (Å²) in [7, 11) is 0. The minimum absolute atomic E-state index is 0.930. The number of rotatable bonds is 3. The fraction of sp³-hybridized carbons (Fsp3) is 0.500. The molecule has 0 radical (unpaired) electrons. The van der Waals surface area contributed by atoms with Crippen LogP contribution in [-0.2, 0) is 14.4 Å². The summed E-state index contributed by atoms with van der Waals surface area (Å²) in [5.41, 5.74) is 5.10. The predicted molar refractivity (Wildman–Crippen MR) is 40.9 cm³/mol. The number of nitrogens with one attached hydrogen (secondary N) is 1. The van der Waals surface area contributed by atoms with Crippen molar-refractivity contribution in [1.82, 2.24) is 5.32 Å². The summed E-state index contributed by atoms with van der Waals surface area (Å²) in [4.78, 5) is 30.8. The molecule has 0 spiro atoms. The first-order valence-electron chi connectivity index (χ1n) is 3.38. The third-order valence-electron chi connectivity index (χ3n) is 1.38. The molecule has 0 heterocycles. The maximum absolute atomic E-state index is 10.5. The van der Waals surface area contributed by atoms with Gasteiger partial charge in [-0.25, -0.2) is 4.79 Å². The molecule has 0 bridgehead atoms. The van der Waals surface area contributed by atoms with Crippen LogP contribution in [0, 0.1) is 0 Å². The minimum Gasteiger partial charge on any atom is -0.480 e. The highest BCUT2D eigenvalue weighted by Gasteiger charge is 2.23. The molecule has 0 aromatic rings. The highest BCUT2D eigenvalue weighted by atomic mass is 16.4. The molecule has 5 N–H and O–H groups in total. The van der Waals surface area contributed by atoms with E-state index in [1.165, 1.54) is 6.92 Å². The first-order chi connectivity index (χ1) is 5.86. The Morgan fingerprint density at radius 1 is 1.31 bits per heavy atom. The largest absolute Gasteiger partial charge is 0.480 e. The number of carbonyl (C=O) groups is 3. The van der Waals surface area contributed by atoms with Crippen LogP contribution in [0.15, 0.2) is 0 Å². The number of carboxylic acids is 2. The standard InChI is InChI=1S/C6H10N2O5/c1-2(3(7)5(10)11)8-4(9)6(12)13/h2-3H,7H2,1H3,(H,8,9)(H,10,11)(H,12,13). The van der Waals surface area contributed by atoms with E-state index in [1.54, 1.807) is 0 Å². The first kappa shape index (κ1) is 11.4. The zero-order valence-corrected chi connectivity index (χ0v) is 6.85. The number of carbonyl (C=O) groups excluding carboxylic acids is 1. The number of hydrogen-bond donors (Lipinski definition) is 4. The molecule has 0 aliphatic heterocycles. The third kappa shape index (κ3) is 3.52. The highest BCUT2D eigenvalue weighted by Crippen LogP contribution is 1.89. The molecule has 0 aliphatic rings. The Morgan fingerprint density at radius 3 is 2.08 bits per heavy atom. The molecule has 0 aromatic heterocycles. The van der Waals surface area contributed by atoms with Gasteiger partial charge in [-0.05, 0) is 6.92 Å². The van der Waals surface area contributed by atoms with E-state index in [2.05, 4.69) is 0 Å². The van der Waals surface area contributed by atoms with Crippen molar-refractivity contribution in [2.45, 2.75) is 19.0 Å². The van der Waals surface area contributed by atoms with Gasteiger partial charge >= 0.3 is 17.8 Å². The van der Waals surface area contributed by atoms with E-state index in [9.17, 15) is 14.4 Å². The lowest BCUT2D eigenvalue weighted by molar-refractivity contribution is -0.151. The zero-order chi connectivity index (χ0) is 10.6. The van der Waals surface area contributed by atoms with Gasteiger partial charge in [0.1, 0.15) is 6.04 Å². The molecule has 0 aromatic carbocycles. The smallest absolute Gasteiger partial charge is 0.394 e. The summed E-state index contributed by atoms with van der Waals surface area (Å²) in [5, 5.41) is 18.4. The third-order valence-corrected chi connectivity index (χ3v) is 1.38. The molecule has 0 aliphatic carbocycles. The molecule has 7 heteroatoms. The van der Waals surface area contributed by atoms with Crippen LogP contribution in [0.4, 0.5) is 0 Å². The van der Waals surface area contributed by atoms with E-state index in [0.717, 1.165) is 0 Å². The summed E-state index contributed by atoms with van der Waals surface area (Å²) in [5.74, 6) is -4.26. The van der Waals surface area contributed by atoms with Crippen molar-refractivity contribution in [3.8, 4) is 0 Å². The van der Waals surface area contributed by atoms with Gasteiger partial charge in [-0.1, -0.05) is 0 Å². The van der Waals surface area contributed by atoms with Crippen LogP contribution in [0.5, 0.6) is 0 Å². The monoisotopic (exact) mass is 190 g/mol. The lowest BCUT2D eigenvalue weighted by Crippen LogP contribution is -2.51. The second-order valence-electron chi connectivity index (χ2n) is 2.43. The summed E-state index contributed by atoms with van der Waals surface area (Å²) < 4.78 is 0. The SMILES string of the molecule is CC(NC(=O)C(=O)O)C(N)C(=O)O. The van der Waals surface area contributed by atoms with Crippen molar-refractivity contribution in [3.05, 3.63) is 0 Å². The fourth-order valence-electron chi connectivity index (χ4n) is 0.572. The Labute approximate surface area is 73.5 Å². The Bertz CT molecular complexity index is 239. The number of aliphatic carboxylic acids is 2. The van der Waals surface area contributed by atoms with Gasteiger partial charge in [-0.3, -0.25) is 9.59 Å². The van der Waals surface area contributed by atoms with Crippen LogP contribution in [0.25, 0.3) is 0 Å². The second kappa shape index (κ2) is 4.41. The average molecular weight is 190 g/mol. The normalized spacial score (nSPS) is 14.3. The van der Waals surface area contributed by atoms with Crippen LogP contribution >= 0.6 is 0 Å². The van der Waals surface area contributed by atoms with Crippen molar-refractivity contribution in [2.75, 3.05) is 0 Å². The Hall–Kier alpha value is -1.63. The quantitative estimate of drug-likeness (QED) is 0.380. The van der Waals surface area contributed by atoms with Crippen LogP contribution in [0.3, 0.4) is 0 Å². The summed E-state index contributed by atoms with van der Waals surface area (Å²) in [6.45, 7) is 1.31. The van der Waals surface area contributed by atoms with Crippen molar-refractivity contribution in [1.29, 1.82) is 0 Å². The second-order valence-corrected chi connectivity index (χ2v) is 2.43. The fourth-order valence-corrected chi connectivity index (χ4v) is 0.572. The highest BCUT2D eigenvalue weighted by molar-refractivity contribution is 6.31. The van der Waals surface area contributed by atoms with Gasteiger partial charge in [0.15, 0.2) is 0 Å². The van der Waals surface area contributed by atoms with Crippen LogP contribution in [-0.4, -0.2) is 40.1 Å². The number of hydrogen-bond acceptors (Lipinski definition) is 4. The molecule has 0 saturated carbocycles. The van der Waals surface area contributed by atoms with Gasteiger partial charge < -0.3 is 21.3 Å². The molecule has 74 valence electrons. The minimum atomic E-state index is -1.68. The molecule has 2 unspecified atom stereocenters. The van der Waals surface area contributed by atoms with Crippen LogP contribution < -0.4 is 11.1 Å². The van der Waals surface area contributed by atoms with Gasteiger partial charge in [-0.2, -0.15) is 0 Å². The van der Waals surface area contributed by atoms with E-state index in [4.69, 9.17) is 15.9 Å². The predicted octanol–water partition coefficient (Wildman–Crippen LogP) is -2.01. The van der Waals surface area contributed by atoms with Gasteiger partial charge in [-0.15, -0.1) is 0 Å². The van der Waals surface area contributed by atoms with Crippen LogP contribution in [0.2, 0.25) is 0 Å². The lowest BCUT2D eigenvalue weighted by atomic mass is 10.1. The van der Waals surface area contributed by atoms with Gasteiger partial charge in [0.25, 0.3) is 0 Å². The van der Waals surface area contributed by atoms with E-state index < -0.39 is 29.9 Å². The number of amides is 1. The lowest BCUT2D eigenvalue weighted by Gasteiger charge is -2.15. The van der Waals surface area contributed by atoms with Crippen LogP contribution in [0.1, 0.15) is 6.92 Å². The maximum Gasteiger partial charge on any atom is 0.394 e. The molecule has 13 heavy (non-hydrogen) atoms. The first-order valence-corrected chi connectivity index (χ1v) is 3.38. The van der Waals surface area contributed by atoms with E-state index in [1.807, 2.05) is 5.32 Å². The van der Waals surface area contributed by atoms with Crippen molar-refractivity contribution >= 4 is 17.8 Å². The summed E-state index contributed by atoms with van der Waals surface area (Å²) in [6.07, 6.45) is 0. The zero-order valence-electron chi connectivity index (χ0n) is 6.85. The van der Waals surface area contributed by atoms with Gasteiger partial charge in [0.05, 0.1) is 6.04 Å². The Kier molecular flexibility index (Phi) is 3.86. The van der Waals surface area contributed by atoms with Crippen molar-refractivity contribution in [2.24, 2.45) is 5.73 Å². The molecule has 7 nitrogen and oxygen atoms in total. The van der Waals surface area contributed by atoms with Gasteiger partial charge in [0.2, 0.25) is 0 Å². The molecular weight excluding hydrogens is 180 g/mol. The van der Waals surface area contributed by atoms with E-state index in [-0.39, 0.29) is 0 Å². The molecule has 0 saturated heterocycles. The average Bonchev–Trinajstić information content (AvgIpc) is 2.02. The maximum atomic E-state index is 10.5. The Balaban J connectivity index is 4.15. The van der Waals surface area contributed by atoms with Gasteiger partial charge in [0, 0.05) is 0 Å². The number of carboxylic acid groups (broad SMARTS) is 2. The molecular formula is C6H10N2O5. The molecule has 1 amide bonds. The molecule has 0 fully saturated rings. The Morgan fingerprint density at radius 2 is 1.77 bits per heavy atom. The van der Waals surface area contributed by atoms with E-state index >= 15 is 0 Å². The van der Waals surface area contributed by atoms with Crippen molar-refractivity contribution < 1.29 is 24.6 Å². The van der Waals surface area contributed by atoms with E-state index in [0.29, 0.717) is 0 Å². The topological polar surface area (TPSA) is 130 Å². The summed E-state index contributed by atoms with van der Waals surface area (Å²) >= 11 is 0.